The molecule has 0 radical (unpaired) electrons. The highest BCUT2D eigenvalue weighted by Gasteiger charge is 2.18. The third-order valence-corrected chi connectivity index (χ3v) is 5.46. The molecule has 0 aromatic heterocycles. The van der Waals surface area contributed by atoms with Gasteiger partial charge in [0, 0.05) is 28.5 Å². The Kier molecular flexibility index (Phi) is 6.62. The van der Waals surface area contributed by atoms with E-state index in [0.717, 1.165) is 22.8 Å². The number of amides is 1. The molecular formula is C22H25NO4S. The smallest absolute Gasteiger partial charge is 0.226 e. The van der Waals surface area contributed by atoms with Gasteiger partial charge < -0.3 is 14.8 Å². The SMILES string of the molecule is CC(C)C(=O)Nc1ccc(C(=O)[C@@H](C)Sc2ccc3c(c2)OCCCO3)cc1. The maximum Gasteiger partial charge on any atom is 0.226 e. The fourth-order valence-electron chi connectivity index (χ4n) is 2.71. The molecule has 1 N–H and O–H groups in total. The van der Waals surface area contributed by atoms with Crippen molar-refractivity contribution in [2.75, 3.05) is 18.5 Å². The number of carbonyl (C=O) groups excluding carboxylic acids is 2. The number of hydrogen-bond acceptors (Lipinski definition) is 5. The molecule has 1 aliphatic rings. The zero-order chi connectivity index (χ0) is 20.1. The van der Waals surface area contributed by atoms with Crippen molar-refractivity contribution in [3.8, 4) is 11.5 Å². The van der Waals surface area contributed by atoms with Crippen molar-refractivity contribution in [2.24, 2.45) is 5.92 Å². The maximum atomic E-state index is 12.8. The van der Waals surface area contributed by atoms with E-state index in [0.29, 0.717) is 24.5 Å². The van der Waals surface area contributed by atoms with Gasteiger partial charge in [-0.05, 0) is 49.4 Å². The summed E-state index contributed by atoms with van der Waals surface area (Å²) in [5.74, 6) is 1.39. The topological polar surface area (TPSA) is 64.6 Å². The number of anilines is 1. The molecule has 0 bridgehead atoms. The Balaban J connectivity index is 1.64. The Bertz CT molecular complexity index is 848. The summed E-state index contributed by atoms with van der Waals surface area (Å²) in [6.07, 6.45) is 0.861. The minimum absolute atomic E-state index is 0.0406. The van der Waals surface area contributed by atoms with Crippen LogP contribution in [0, 0.1) is 5.92 Å². The number of fused-ring (bicyclic) bond motifs is 1. The minimum Gasteiger partial charge on any atom is -0.490 e. The van der Waals surface area contributed by atoms with E-state index in [1.807, 2.05) is 39.0 Å². The lowest BCUT2D eigenvalue weighted by Gasteiger charge is -2.13. The Hall–Kier alpha value is -2.47. The predicted octanol–water partition coefficient (Wildman–Crippen LogP) is 4.81. The van der Waals surface area contributed by atoms with Crippen LogP contribution >= 0.6 is 11.8 Å². The van der Waals surface area contributed by atoms with E-state index in [-0.39, 0.29) is 22.9 Å². The van der Waals surface area contributed by atoms with Gasteiger partial charge in [-0.15, -0.1) is 11.8 Å². The number of rotatable bonds is 6. The van der Waals surface area contributed by atoms with E-state index in [1.165, 1.54) is 11.8 Å². The van der Waals surface area contributed by atoms with E-state index in [2.05, 4.69) is 5.32 Å². The summed E-state index contributed by atoms with van der Waals surface area (Å²) in [6, 6.07) is 12.8. The van der Waals surface area contributed by atoms with Crippen molar-refractivity contribution in [1.29, 1.82) is 0 Å². The Labute approximate surface area is 169 Å². The largest absolute Gasteiger partial charge is 0.490 e. The first-order chi connectivity index (χ1) is 13.4. The first kappa shape index (κ1) is 20.3. The van der Waals surface area contributed by atoms with Crippen molar-refractivity contribution in [1.82, 2.24) is 0 Å². The number of benzene rings is 2. The maximum absolute atomic E-state index is 12.8. The molecule has 1 amide bonds. The molecule has 2 aromatic carbocycles. The summed E-state index contributed by atoms with van der Waals surface area (Å²) in [6.45, 7) is 6.86. The first-order valence-electron chi connectivity index (χ1n) is 9.45. The van der Waals surface area contributed by atoms with E-state index in [4.69, 9.17) is 9.47 Å². The van der Waals surface area contributed by atoms with Gasteiger partial charge in [0.25, 0.3) is 0 Å². The number of ether oxygens (including phenoxy) is 2. The summed E-state index contributed by atoms with van der Waals surface area (Å²) < 4.78 is 11.4. The summed E-state index contributed by atoms with van der Waals surface area (Å²) in [7, 11) is 0. The Morgan fingerprint density at radius 3 is 2.32 bits per heavy atom. The second-order valence-electron chi connectivity index (χ2n) is 7.00. The molecule has 6 heteroatoms. The van der Waals surface area contributed by atoms with Gasteiger partial charge in [-0.25, -0.2) is 0 Å². The molecule has 1 heterocycles. The molecule has 0 unspecified atom stereocenters. The third-order valence-electron chi connectivity index (χ3n) is 4.36. The molecular weight excluding hydrogens is 374 g/mol. The number of carbonyl (C=O) groups is 2. The lowest BCUT2D eigenvalue weighted by atomic mass is 10.1. The van der Waals surface area contributed by atoms with Crippen LogP contribution < -0.4 is 14.8 Å². The number of thioether (sulfide) groups is 1. The average molecular weight is 400 g/mol. The molecule has 0 fully saturated rings. The van der Waals surface area contributed by atoms with E-state index >= 15 is 0 Å². The lowest BCUT2D eigenvalue weighted by molar-refractivity contribution is -0.118. The predicted molar refractivity (Wildman–Crippen MR) is 112 cm³/mol. The van der Waals surface area contributed by atoms with Crippen molar-refractivity contribution in [3.05, 3.63) is 48.0 Å². The van der Waals surface area contributed by atoms with Crippen molar-refractivity contribution < 1.29 is 19.1 Å². The van der Waals surface area contributed by atoms with Crippen LogP contribution in [0.1, 0.15) is 37.6 Å². The highest BCUT2D eigenvalue weighted by Crippen LogP contribution is 2.35. The number of ketones is 1. The molecule has 3 rings (SSSR count). The van der Waals surface area contributed by atoms with E-state index < -0.39 is 0 Å². The van der Waals surface area contributed by atoms with Crippen LogP contribution in [-0.4, -0.2) is 30.2 Å². The summed E-state index contributed by atoms with van der Waals surface area (Å²) >= 11 is 1.49. The minimum atomic E-state index is -0.249. The first-order valence-corrected chi connectivity index (χ1v) is 10.3. The van der Waals surface area contributed by atoms with Crippen LogP contribution in [0.25, 0.3) is 0 Å². The fourth-order valence-corrected chi connectivity index (χ4v) is 3.69. The zero-order valence-corrected chi connectivity index (χ0v) is 17.2. The standard InChI is InChI=1S/C22H25NO4S/c1-14(2)22(25)23-17-7-5-16(6-8-17)21(24)15(3)28-18-9-10-19-20(13-18)27-12-4-11-26-19/h5-10,13-15H,4,11-12H2,1-3H3,(H,23,25)/t15-/m1/s1. The molecule has 5 nitrogen and oxygen atoms in total. The van der Waals surface area contributed by atoms with Crippen LogP contribution in [0.4, 0.5) is 5.69 Å². The molecule has 0 saturated heterocycles. The van der Waals surface area contributed by atoms with Crippen LogP contribution in [0.5, 0.6) is 11.5 Å². The molecule has 0 saturated carbocycles. The molecule has 148 valence electrons. The molecule has 0 spiro atoms. The van der Waals surface area contributed by atoms with Gasteiger partial charge >= 0.3 is 0 Å². The van der Waals surface area contributed by atoms with Crippen LogP contribution in [0.2, 0.25) is 0 Å². The third kappa shape index (κ3) is 5.07. The number of hydrogen-bond donors (Lipinski definition) is 1. The van der Waals surface area contributed by atoms with Crippen molar-refractivity contribution in [3.63, 3.8) is 0 Å². The molecule has 28 heavy (non-hydrogen) atoms. The summed E-state index contributed by atoms with van der Waals surface area (Å²) in [4.78, 5) is 25.5. The van der Waals surface area contributed by atoms with Gasteiger partial charge in [-0.1, -0.05) is 13.8 Å². The van der Waals surface area contributed by atoms with Gasteiger partial charge in [0.15, 0.2) is 17.3 Å². The van der Waals surface area contributed by atoms with Crippen LogP contribution in [-0.2, 0) is 4.79 Å². The average Bonchev–Trinajstić information content (AvgIpc) is 2.93. The summed E-state index contributed by atoms with van der Waals surface area (Å²) in [5, 5.41) is 2.58. The monoisotopic (exact) mass is 399 g/mol. The van der Waals surface area contributed by atoms with Gasteiger partial charge in [0.1, 0.15) is 0 Å². The second kappa shape index (κ2) is 9.15. The van der Waals surface area contributed by atoms with Gasteiger partial charge in [0.2, 0.25) is 5.91 Å². The van der Waals surface area contributed by atoms with Crippen LogP contribution in [0.3, 0.4) is 0 Å². The van der Waals surface area contributed by atoms with E-state index in [1.54, 1.807) is 24.3 Å². The molecule has 1 atom stereocenters. The van der Waals surface area contributed by atoms with E-state index in [9.17, 15) is 9.59 Å². The normalized spacial score (nSPS) is 14.3. The number of nitrogens with one attached hydrogen (secondary N) is 1. The van der Waals surface area contributed by atoms with Gasteiger partial charge in [-0.2, -0.15) is 0 Å². The summed E-state index contributed by atoms with van der Waals surface area (Å²) in [5.41, 5.74) is 1.32. The molecule has 1 aliphatic heterocycles. The zero-order valence-electron chi connectivity index (χ0n) is 16.4. The van der Waals surface area contributed by atoms with Crippen LogP contribution in [0.15, 0.2) is 47.4 Å². The fraction of sp³-hybridized carbons (Fsp3) is 0.364. The van der Waals surface area contributed by atoms with Crippen molar-refractivity contribution >= 4 is 29.1 Å². The Morgan fingerprint density at radius 1 is 0.964 bits per heavy atom. The van der Waals surface area contributed by atoms with Gasteiger partial charge in [-0.3, -0.25) is 9.59 Å². The highest BCUT2D eigenvalue weighted by atomic mass is 32.2. The second-order valence-corrected chi connectivity index (χ2v) is 8.42. The highest BCUT2D eigenvalue weighted by molar-refractivity contribution is 8.00. The molecule has 2 aromatic rings. The molecule has 0 aliphatic carbocycles. The quantitative estimate of drug-likeness (QED) is 0.558. The van der Waals surface area contributed by atoms with Gasteiger partial charge in [0.05, 0.1) is 18.5 Å². The van der Waals surface area contributed by atoms with Crippen molar-refractivity contribution in [2.45, 2.75) is 37.3 Å². The number of Topliss-reactive ketones (excluding diaryl/α,β-unsaturated/α-hetero) is 1. The lowest BCUT2D eigenvalue weighted by Crippen LogP contribution is -2.18. The Morgan fingerprint density at radius 2 is 1.64 bits per heavy atom.